The molecule has 2 aliphatic rings. The fourth-order valence-electron chi connectivity index (χ4n) is 2.03. The van der Waals surface area contributed by atoms with Gasteiger partial charge in [0.15, 0.2) is 0 Å². The molecule has 12 heavy (non-hydrogen) atoms. The van der Waals surface area contributed by atoms with Crippen LogP contribution in [0.2, 0.25) is 0 Å². The molecule has 0 radical (unpaired) electrons. The van der Waals surface area contributed by atoms with Crippen molar-refractivity contribution in [1.29, 1.82) is 0 Å². The van der Waals surface area contributed by atoms with E-state index in [9.17, 15) is 4.79 Å². The molecule has 0 unspecified atom stereocenters. The molecule has 2 fully saturated rings. The standard InChI is InChI=1S/C10H17NO/c1-10(2)6-11(7-10)5-9(12)8-3-4-8/h8H,3-7H2,1-2H3. The number of nitrogens with zero attached hydrogens (tertiary/aromatic N) is 1. The van der Waals surface area contributed by atoms with Crippen LogP contribution in [0.5, 0.6) is 0 Å². The molecule has 2 nitrogen and oxygen atoms in total. The highest BCUT2D eigenvalue weighted by Crippen LogP contribution is 2.33. The normalized spacial score (nSPS) is 28.2. The topological polar surface area (TPSA) is 20.3 Å². The summed E-state index contributed by atoms with van der Waals surface area (Å²) in [6.07, 6.45) is 2.30. The van der Waals surface area contributed by atoms with E-state index in [1.165, 1.54) is 0 Å². The van der Waals surface area contributed by atoms with Crippen molar-refractivity contribution >= 4 is 5.78 Å². The minimum absolute atomic E-state index is 0.439. The van der Waals surface area contributed by atoms with Gasteiger partial charge in [0.05, 0.1) is 6.54 Å². The molecule has 2 heteroatoms. The summed E-state index contributed by atoms with van der Waals surface area (Å²) in [6, 6.07) is 0. The lowest BCUT2D eigenvalue weighted by Crippen LogP contribution is -2.54. The van der Waals surface area contributed by atoms with Gasteiger partial charge in [0.2, 0.25) is 0 Å². The van der Waals surface area contributed by atoms with E-state index in [1.54, 1.807) is 0 Å². The predicted molar refractivity (Wildman–Crippen MR) is 48.0 cm³/mol. The first kappa shape index (κ1) is 8.24. The summed E-state index contributed by atoms with van der Waals surface area (Å²) in [6.45, 7) is 7.43. The molecule has 0 atom stereocenters. The molecule has 1 saturated heterocycles. The fraction of sp³-hybridized carbons (Fsp3) is 0.900. The van der Waals surface area contributed by atoms with Crippen molar-refractivity contribution < 1.29 is 4.79 Å². The largest absolute Gasteiger partial charge is 0.298 e. The number of Topliss-reactive ketones (excluding diaryl/α,β-unsaturated/α-hetero) is 1. The summed E-state index contributed by atoms with van der Waals surface area (Å²) in [7, 11) is 0. The monoisotopic (exact) mass is 167 g/mol. The summed E-state index contributed by atoms with van der Waals surface area (Å²) in [5.41, 5.74) is 0.462. The maximum absolute atomic E-state index is 11.4. The average Bonchev–Trinajstić information content (AvgIpc) is 2.62. The van der Waals surface area contributed by atoms with E-state index in [4.69, 9.17) is 0 Å². The second-order valence-electron chi connectivity index (χ2n) is 5.05. The molecule has 0 N–H and O–H groups in total. The van der Waals surface area contributed by atoms with Crippen LogP contribution in [0.4, 0.5) is 0 Å². The molecule has 1 aliphatic heterocycles. The molecular formula is C10H17NO. The summed E-state index contributed by atoms with van der Waals surface area (Å²) < 4.78 is 0. The second kappa shape index (κ2) is 2.56. The molecule has 0 aromatic carbocycles. The van der Waals surface area contributed by atoms with Gasteiger partial charge in [-0.1, -0.05) is 13.8 Å². The SMILES string of the molecule is CC1(C)CN(CC(=O)C2CC2)C1. The number of carbonyl (C=O) groups is 1. The lowest BCUT2D eigenvalue weighted by Gasteiger charge is -2.45. The molecule has 1 saturated carbocycles. The van der Waals surface area contributed by atoms with Crippen molar-refractivity contribution in [1.82, 2.24) is 4.90 Å². The third-order valence-electron chi connectivity index (χ3n) is 2.72. The van der Waals surface area contributed by atoms with Crippen molar-refractivity contribution in [3.05, 3.63) is 0 Å². The fourth-order valence-corrected chi connectivity index (χ4v) is 2.03. The van der Waals surface area contributed by atoms with Crippen LogP contribution in [0, 0.1) is 11.3 Å². The Morgan fingerprint density at radius 3 is 2.42 bits per heavy atom. The second-order valence-corrected chi connectivity index (χ2v) is 5.05. The number of rotatable bonds is 3. The first-order valence-electron chi connectivity index (χ1n) is 4.82. The van der Waals surface area contributed by atoms with Crippen molar-refractivity contribution in [3.63, 3.8) is 0 Å². The first-order chi connectivity index (χ1) is 5.57. The molecule has 0 bridgehead atoms. The maximum Gasteiger partial charge on any atom is 0.149 e. The maximum atomic E-state index is 11.4. The van der Waals surface area contributed by atoms with Crippen molar-refractivity contribution in [2.45, 2.75) is 26.7 Å². The van der Waals surface area contributed by atoms with E-state index in [0.717, 1.165) is 25.9 Å². The smallest absolute Gasteiger partial charge is 0.149 e. The highest BCUT2D eigenvalue weighted by atomic mass is 16.1. The summed E-state index contributed by atoms with van der Waals surface area (Å²) in [5, 5.41) is 0. The van der Waals surface area contributed by atoms with Gasteiger partial charge in [-0.3, -0.25) is 9.69 Å². The third kappa shape index (κ3) is 1.69. The van der Waals surface area contributed by atoms with Crippen LogP contribution < -0.4 is 0 Å². The number of hydrogen-bond acceptors (Lipinski definition) is 2. The average molecular weight is 167 g/mol. The molecule has 0 aromatic rings. The molecule has 0 amide bonds. The highest BCUT2D eigenvalue weighted by Gasteiger charge is 2.37. The Hall–Kier alpha value is -0.370. The van der Waals surface area contributed by atoms with Crippen LogP contribution in [-0.2, 0) is 4.79 Å². The molecule has 68 valence electrons. The van der Waals surface area contributed by atoms with Crippen LogP contribution in [0.3, 0.4) is 0 Å². The number of carbonyl (C=O) groups excluding carboxylic acids is 1. The van der Waals surface area contributed by atoms with Crippen LogP contribution in [0.25, 0.3) is 0 Å². The van der Waals surface area contributed by atoms with Gasteiger partial charge in [-0.25, -0.2) is 0 Å². The van der Waals surface area contributed by atoms with E-state index in [2.05, 4.69) is 18.7 Å². The molecule has 1 heterocycles. The van der Waals surface area contributed by atoms with E-state index < -0.39 is 0 Å². The number of likely N-dealkylation sites (tertiary alicyclic amines) is 1. The van der Waals surface area contributed by atoms with Gasteiger partial charge >= 0.3 is 0 Å². The van der Waals surface area contributed by atoms with Crippen LogP contribution in [-0.4, -0.2) is 30.3 Å². The minimum atomic E-state index is 0.439. The van der Waals surface area contributed by atoms with Crippen LogP contribution in [0.15, 0.2) is 0 Å². The minimum Gasteiger partial charge on any atom is -0.298 e. The molecule has 0 aromatic heterocycles. The van der Waals surface area contributed by atoms with Gasteiger partial charge in [0.25, 0.3) is 0 Å². The Morgan fingerprint density at radius 1 is 1.42 bits per heavy atom. The van der Waals surface area contributed by atoms with E-state index in [1.807, 2.05) is 0 Å². The van der Waals surface area contributed by atoms with Crippen LogP contribution in [0.1, 0.15) is 26.7 Å². The van der Waals surface area contributed by atoms with Crippen molar-refractivity contribution in [2.24, 2.45) is 11.3 Å². The van der Waals surface area contributed by atoms with Gasteiger partial charge in [-0.2, -0.15) is 0 Å². The summed E-state index contributed by atoms with van der Waals surface area (Å²) >= 11 is 0. The van der Waals surface area contributed by atoms with Gasteiger partial charge in [0, 0.05) is 19.0 Å². The van der Waals surface area contributed by atoms with Crippen LogP contribution >= 0.6 is 0 Å². The lowest BCUT2D eigenvalue weighted by molar-refractivity contribution is -0.124. The van der Waals surface area contributed by atoms with Crippen molar-refractivity contribution in [3.8, 4) is 0 Å². The molecule has 0 spiro atoms. The van der Waals surface area contributed by atoms with Gasteiger partial charge in [0.1, 0.15) is 5.78 Å². The first-order valence-corrected chi connectivity index (χ1v) is 4.82. The Balaban J connectivity index is 1.72. The zero-order valence-corrected chi connectivity index (χ0v) is 7.97. The zero-order valence-electron chi connectivity index (χ0n) is 7.97. The lowest BCUT2D eigenvalue weighted by atomic mass is 9.84. The zero-order chi connectivity index (χ0) is 8.77. The Labute approximate surface area is 73.9 Å². The van der Waals surface area contributed by atoms with Gasteiger partial charge in [-0.15, -0.1) is 0 Å². The Bertz CT molecular complexity index is 198. The van der Waals surface area contributed by atoms with Crippen molar-refractivity contribution in [2.75, 3.05) is 19.6 Å². The summed E-state index contributed by atoms with van der Waals surface area (Å²) in [4.78, 5) is 13.6. The summed E-state index contributed by atoms with van der Waals surface area (Å²) in [5.74, 6) is 0.916. The van der Waals surface area contributed by atoms with Gasteiger partial charge in [-0.05, 0) is 18.3 Å². The number of ketones is 1. The molecule has 2 rings (SSSR count). The molecular weight excluding hydrogens is 150 g/mol. The Kier molecular flexibility index (Phi) is 1.76. The highest BCUT2D eigenvalue weighted by molar-refractivity contribution is 5.85. The number of hydrogen-bond donors (Lipinski definition) is 0. The van der Waals surface area contributed by atoms with E-state index >= 15 is 0 Å². The Morgan fingerprint density at radius 2 is 2.00 bits per heavy atom. The quantitative estimate of drug-likeness (QED) is 0.631. The van der Waals surface area contributed by atoms with Gasteiger partial charge < -0.3 is 0 Å². The molecule has 1 aliphatic carbocycles. The van der Waals surface area contributed by atoms with E-state index in [-0.39, 0.29) is 0 Å². The van der Waals surface area contributed by atoms with E-state index in [0.29, 0.717) is 23.7 Å². The third-order valence-corrected chi connectivity index (χ3v) is 2.72. The predicted octanol–water partition coefficient (Wildman–Crippen LogP) is 1.31.